The zero-order valence-corrected chi connectivity index (χ0v) is 29.7. The zero-order chi connectivity index (χ0) is 40.3. The molecule has 0 saturated heterocycles. The summed E-state index contributed by atoms with van der Waals surface area (Å²) in [5.74, 6) is -5.80. The van der Waals surface area contributed by atoms with E-state index in [1.54, 1.807) is 30.3 Å². The number of aliphatic hydroxyl groups is 1. The Hall–Kier alpha value is -5.68. The van der Waals surface area contributed by atoms with Gasteiger partial charge in [0.15, 0.2) is 17.3 Å². The molecular formula is C42H31F8N3O3. The second-order valence-electron chi connectivity index (χ2n) is 14.3. The van der Waals surface area contributed by atoms with Crippen LogP contribution in [-0.2, 0) is 35.5 Å². The van der Waals surface area contributed by atoms with E-state index in [1.165, 1.54) is 31.2 Å². The van der Waals surface area contributed by atoms with Crippen LogP contribution in [0.3, 0.4) is 0 Å². The first kappa shape index (κ1) is 38.6. The third-order valence-electron chi connectivity index (χ3n) is 10.1. The van der Waals surface area contributed by atoms with Crippen molar-refractivity contribution in [1.82, 2.24) is 14.8 Å². The molecule has 2 heterocycles. The molecule has 0 bridgehead atoms. The van der Waals surface area contributed by atoms with Gasteiger partial charge in [0.1, 0.15) is 41.0 Å². The van der Waals surface area contributed by atoms with Gasteiger partial charge in [0.25, 0.3) is 5.92 Å². The Morgan fingerprint density at radius 1 is 0.982 bits per heavy atom. The molecule has 0 spiro atoms. The highest BCUT2D eigenvalue weighted by atomic mass is 19.4. The van der Waals surface area contributed by atoms with E-state index in [0.29, 0.717) is 16.3 Å². The van der Waals surface area contributed by atoms with Gasteiger partial charge in [0.2, 0.25) is 0 Å². The highest BCUT2D eigenvalue weighted by molar-refractivity contribution is 5.95. The molecule has 1 N–H and O–H groups in total. The summed E-state index contributed by atoms with van der Waals surface area (Å²) in [7, 11) is 0. The maximum absolute atomic E-state index is 15.3. The molecule has 2 aromatic heterocycles. The van der Waals surface area contributed by atoms with Gasteiger partial charge in [-0.25, -0.2) is 18.2 Å². The van der Waals surface area contributed by atoms with Crippen LogP contribution in [0.1, 0.15) is 88.3 Å². The third-order valence-corrected chi connectivity index (χ3v) is 10.1. The lowest BCUT2D eigenvalue weighted by atomic mass is 9.86. The first-order valence-electron chi connectivity index (χ1n) is 17.5. The second-order valence-corrected chi connectivity index (χ2v) is 14.3. The van der Waals surface area contributed by atoms with Crippen LogP contribution in [-0.4, -0.2) is 31.4 Å². The van der Waals surface area contributed by atoms with Crippen LogP contribution >= 0.6 is 0 Å². The summed E-state index contributed by atoms with van der Waals surface area (Å²) in [6.07, 6.45) is -6.11. The number of aromatic nitrogens is 3. The maximum Gasteiger partial charge on any atom is 0.435 e. The van der Waals surface area contributed by atoms with E-state index in [9.17, 15) is 41.0 Å². The van der Waals surface area contributed by atoms with E-state index < -0.39 is 94.4 Å². The lowest BCUT2D eigenvalue weighted by Gasteiger charge is -2.21. The number of halogens is 8. The minimum Gasteiger partial charge on any atom is -0.374 e. The smallest absolute Gasteiger partial charge is 0.374 e. The van der Waals surface area contributed by atoms with Crippen LogP contribution in [0.15, 0.2) is 78.9 Å². The van der Waals surface area contributed by atoms with E-state index in [2.05, 4.69) is 21.9 Å². The average molecular weight is 778 g/mol. The van der Waals surface area contributed by atoms with Crippen molar-refractivity contribution in [2.24, 2.45) is 5.92 Å². The van der Waals surface area contributed by atoms with Crippen molar-refractivity contribution in [2.45, 2.75) is 69.2 Å². The summed E-state index contributed by atoms with van der Waals surface area (Å²) >= 11 is 0. The number of alkyl halides is 5. The first-order valence-corrected chi connectivity index (χ1v) is 17.5. The minimum absolute atomic E-state index is 0.0449. The van der Waals surface area contributed by atoms with Gasteiger partial charge in [-0.05, 0) is 91.6 Å². The number of fused-ring (bicyclic) bond motifs is 3. The normalized spacial score (nSPS) is 18.3. The van der Waals surface area contributed by atoms with Crippen molar-refractivity contribution >= 4 is 11.6 Å². The van der Waals surface area contributed by atoms with Gasteiger partial charge in [0.05, 0.1) is 11.3 Å². The highest BCUT2D eigenvalue weighted by Crippen LogP contribution is 2.68. The lowest BCUT2D eigenvalue weighted by molar-refractivity contribution is -0.142. The molecule has 3 aromatic carbocycles. The maximum atomic E-state index is 15.3. The lowest BCUT2D eigenvalue weighted by Crippen LogP contribution is -2.24. The van der Waals surface area contributed by atoms with Crippen molar-refractivity contribution in [1.29, 1.82) is 0 Å². The van der Waals surface area contributed by atoms with Gasteiger partial charge >= 0.3 is 6.18 Å². The molecule has 4 atom stereocenters. The fraction of sp³-hybridized carbons (Fsp3) is 0.286. The first-order chi connectivity index (χ1) is 26.3. The largest absolute Gasteiger partial charge is 0.435 e. The van der Waals surface area contributed by atoms with Gasteiger partial charge in [-0.15, -0.1) is 0 Å². The molecule has 7 rings (SSSR count). The van der Waals surface area contributed by atoms with Crippen LogP contribution in [0.25, 0.3) is 11.1 Å². The summed E-state index contributed by atoms with van der Waals surface area (Å²) < 4.78 is 117. The molecule has 14 heteroatoms. The standard InChI is InChI=1S/C42H31F8N3O3/c1-22(54)32-18-24(8-11-35(32)45)31-10-9-29(12-13-40(2,56)26-6-4-3-5-7-26)51-37(31)25(14-23-15-27(43)19-28(44)16-23)17-30(55)21-53-39-36(38(52-53)42(48,49)50)33-20-34(33)41(39,46)47/h3-11,15-16,18-19,25,33-34,56H,14,17,20-21H2,1-2H3/t25-,33+,34-,40?/m1/s1. The Labute approximate surface area is 315 Å². The Morgan fingerprint density at radius 2 is 1.68 bits per heavy atom. The molecule has 0 aliphatic heterocycles. The number of rotatable bonds is 10. The summed E-state index contributed by atoms with van der Waals surface area (Å²) in [5, 5.41) is 14.6. The Balaban J connectivity index is 1.34. The second kappa shape index (κ2) is 14.1. The van der Waals surface area contributed by atoms with Gasteiger partial charge < -0.3 is 5.11 Å². The van der Waals surface area contributed by atoms with Gasteiger partial charge in [-0.1, -0.05) is 42.3 Å². The van der Waals surface area contributed by atoms with Gasteiger partial charge in [0, 0.05) is 35.4 Å². The predicted octanol–water partition coefficient (Wildman–Crippen LogP) is 9.04. The number of Topliss-reactive ketones (excluding diaryl/α,β-unsaturated/α-hetero) is 2. The van der Waals surface area contributed by atoms with Crippen LogP contribution in [0.2, 0.25) is 0 Å². The van der Waals surface area contributed by atoms with Gasteiger partial charge in [-0.3, -0.25) is 14.3 Å². The number of nitrogens with zero attached hydrogens (tertiary/aromatic N) is 3. The molecule has 5 aromatic rings. The highest BCUT2D eigenvalue weighted by Gasteiger charge is 2.68. The molecule has 2 aliphatic rings. The quantitative estimate of drug-likeness (QED) is 0.0870. The number of hydrogen-bond donors (Lipinski definition) is 1. The number of hydrogen-bond acceptors (Lipinski definition) is 5. The molecule has 1 fully saturated rings. The van der Waals surface area contributed by atoms with E-state index in [0.717, 1.165) is 25.1 Å². The number of benzene rings is 3. The van der Waals surface area contributed by atoms with Crippen molar-refractivity contribution in [3.05, 3.63) is 141 Å². The SMILES string of the molecule is CC(=O)c1cc(-c2ccc(C#CC(C)(O)c3ccccc3)nc2[C@@H](CC(=O)Cn2nc(C(F)(F)F)c3c2C(F)(F)[C@@H]2C[C@H]32)Cc2cc(F)cc(F)c2)ccc1F. The van der Waals surface area contributed by atoms with Crippen molar-refractivity contribution < 1.29 is 49.8 Å². The Kier molecular flexibility index (Phi) is 9.73. The summed E-state index contributed by atoms with van der Waals surface area (Å²) in [5.41, 5.74) is -3.91. The van der Waals surface area contributed by atoms with Gasteiger partial charge in [-0.2, -0.15) is 27.1 Å². The number of pyridine rings is 1. The number of carbonyl (C=O) groups is 2. The molecule has 288 valence electrons. The van der Waals surface area contributed by atoms with Crippen LogP contribution < -0.4 is 0 Å². The van der Waals surface area contributed by atoms with Crippen molar-refractivity contribution in [3.63, 3.8) is 0 Å². The number of ketones is 2. The third kappa shape index (κ3) is 7.47. The van der Waals surface area contributed by atoms with E-state index in [-0.39, 0.29) is 46.5 Å². The number of carbonyl (C=O) groups excluding carboxylic acids is 2. The van der Waals surface area contributed by atoms with E-state index >= 15 is 8.78 Å². The summed E-state index contributed by atoms with van der Waals surface area (Å²) in [4.78, 5) is 30.9. The topological polar surface area (TPSA) is 85.1 Å². The van der Waals surface area contributed by atoms with E-state index in [1.807, 2.05) is 0 Å². The fourth-order valence-corrected chi connectivity index (χ4v) is 7.46. The van der Waals surface area contributed by atoms with Crippen molar-refractivity contribution in [3.8, 4) is 23.0 Å². The van der Waals surface area contributed by atoms with Crippen molar-refractivity contribution in [2.75, 3.05) is 0 Å². The minimum atomic E-state index is -5.06. The summed E-state index contributed by atoms with van der Waals surface area (Å²) in [6, 6.07) is 17.7. The molecular weight excluding hydrogens is 746 g/mol. The molecule has 2 aliphatic carbocycles. The van der Waals surface area contributed by atoms with Crippen LogP contribution in [0, 0.1) is 35.2 Å². The molecule has 6 nitrogen and oxygen atoms in total. The summed E-state index contributed by atoms with van der Waals surface area (Å²) in [6.45, 7) is 1.62. The Bertz CT molecular complexity index is 2430. The molecule has 56 heavy (non-hydrogen) atoms. The monoisotopic (exact) mass is 777 g/mol. The molecule has 0 radical (unpaired) electrons. The molecule has 1 saturated carbocycles. The van der Waals surface area contributed by atoms with Crippen LogP contribution in [0.5, 0.6) is 0 Å². The fourth-order valence-electron chi connectivity index (χ4n) is 7.46. The zero-order valence-electron chi connectivity index (χ0n) is 29.7. The Morgan fingerprint density at radius 3 is 2.34 bits per heavy atom. The average Bonchev–Trinajstić information content (AvgIpc) is 3.78. The predicted molar refractivity (Wildman–Crippen MR) is 187 cm³/mol. The molecule has 1 unspecified atom stereocenters. The molecule has 0 amide bonds. The van der Waals surface area contributed by atoms with E-state index in [4.69, 9.17) is 0 Å². The van der Waals surface area contributed by atoms with Crippen LogP contribution in [0.4, 0.5) is 35.1 Å².